The first-order chi connectivity index (χ1) is 15.4. The molecule has 1 N–H and O–H groups in total. The third-order valence-corrected chi connectivity index (χ3v) is 5.48. The van der Waals surface area contributed by atoms with E-state index in [0.717, 1.165) is 11.1 Å². The van der Waals surface area contributed by atoms with E-state index in [0.29, 0.717) is 41.5 Å². The second-order valence-electron chi connectivity index (χ2n) is 7.22. The van der Waals surface area contributed by atoms with Crippen molar-refractivity contribution < 1.29 is 28.5 Å². The highest BCUT2D eigenvalue weighted by Crippen LogP contribution is 2.38. The molecule has 0 spiro atoms. The van der Waals surface area contributed by atoms with E-state index in [4.69, 9.17) is 18.9 Å². The summed E-state index contributed by atoms with van der Waals surface area (Å²) in [6.07, 6.45) is 0.506. The molecule has 1 atom stereocenters. The summed E-state index contributed by atoms with van der Waals surface area (Å²) in [5.41, 5.74) is 2.67. The largest absolute Gasteiger partial charge is 0.493 e. The van der Waals surface area contributed by atoms with Crippen molar-refractivity contribution in [3.8, 4) is 17.2 Å². The SMILES string of the molecule is COC(=O)C1=C(C)N(CCc2cc(OC)c(OC)c(OC)c2)C(=O)N[C@H]1c1ccccc1. The summed E-state index contributed by atoms with van der Waals surface area (Å²) in [6.45, 7) is 2.11. The zero-order valence-corrected chi connectivity index (χ0v) is 18.9. The average molecular weight is 440 g/mol. The molecule has 0 bridgehead atoms. The molecule has 1 aliphatic rings. The van der Waals surface area contributed by atoms with Crippen molar-refractivity contribution in [1.82, 2.24) is 10.2 Å². The van der Waals surface area contributed by atoms with Crippen LogP contribution in [0.25, 0.3) is 0 Å². The predicted molar refractivity (Wildman–Crippen MR) is 119 cm³/mol. The van der Waals surface area contributed by atoms with E-state index in [9.17, 15) is 9.59 Å². The first-order valence-corrected chi connectivity index (χ1v) is 10.2. The zero-order chi connectivity index (χ0) is 23.3. The number of carbonyl (C=O) groups is 2. The van der Waals surface area contributed by atoms with Gasteiger partial charge >= 0.3 is 12.0 Å². The van der Waals surface area contributed by atoms with Crippen LogP contribution in [0.4, 0.5) is 4.79 Å². The van der Waals surface area contributed by atoms with Crippen molar-refractivity contribution in [1.29, 1.82) is 0 Å². The summed E-state index contributed by atoms with van der Waals surface area (Å²) in [5.74, 6) is 1.10. The van der Waals surface area contributed by atoms with Crippen molar-refractivity contribution in [2.24, 2.45) is 0 Å². The van der Waals surface area contributed by atoms with Crippen molar-refractivity contribution in [3.05, 3.63) is 64.9 Å². The van der Waals surface area contributed by atoms with Crippen molar-refractivity contribution in [2.45, 2.75) is 19.4 Å². The molecule has 2 amide bonds. The lowest BCUT2D eigenvalue weighted by atomic mass is 9.95. The maximum absolute atomic E-state index is 13.0. The second-order valence-corrected chi connectivity index (χ2v) is 7.22. The van der Waals surface area contributed by atoms with Gasteiger partial charge in [-0.2, -0.15) is 0 Å². The molecule has 3 rings (SSSR count). The molecule has 0 fully saturated rings. The Kier molecular flexibility index (Phi) is 7.25. The van der Waals surface area contributed by atoms with Crippen LogP contribution < -0.4 is 19.5 Å². The molecular formula is C24H28N2O6. The normalized spacial score (nSPS) is 15.8. The minimum atomic E-state index is -0.575. The monoisotopic (exact) mass is 440 g/mol. The number of hydrogen-bond donors (Lipinski definition) is 1. The maximum atomic E-state index is 13.0. The smallest absolute Gasteiger partial charge is 0.337 e. The van der Waals surface area contributed by atoms with E-state index >= 15 is 0 Å². The Labute approximate surface area is 187 Å². The Hall–Kier alpha value is -3.68. The van der Waals surface area contributed by atoms with Gasteiger partial charge in [-0.3, -0.25) is 4.90 Å². The summed E-state index contributed by atoms with van der Waals surface area (Å²) >= 11 is 0. The van der Waals surface area contributed by atoms with Gasteiger partial charge in [-0.15, -0.1) is 0 Å². The van der Waals surface area contributed by atoms with Gasteiger partial charge in [0.2, 0.25) is 5.75 Å². The number of benzene rings is 2. The molecule has 2 aromatic rings. The Morgan fingerprint density at radius 1 is 1.00 bits per heavy atom. The Morgan fingerprint density at radius 2 is 1.62 bits per heavy atom. The van der Waals surface area contributed by atoms with Crippen LogP contribution >= 0.6 is 0 Å². The number of urea groups is 1. The van der Waals surface area contributed by atoms with Crippen LogP contribution in [0.15, 0.2) is 53.7 Å². The standard InChI is InChI=1S/C24H28N2O6/c1-15-20(23(27)32-5)21(17-9-7-6-8-10-17)25-24(28)26(15)12-11-16-13-18(29-2)22(31-4)19(14-16)30-3/h6-10,13-14,21H,11-12H2,1-5H3,(H,25,28)/t21-/m0/s1. The molecular weight excluding hydrogens is 412 g/mol. The molecule has 0 aliphatic carbocycles. The molecule has 0 saturated carbocycles. The molecule has 32 heavy (non-hydrogen) atoms. The van der Waals surface area contributed by atoms with E-state index in [-0.39, 0.29) is 6.03 Å². The quantitative estimate of drug-likeness (QED) is 0.633. The van der Waals surface area contributed by atoms with Gasteiger partial charge in [0.25, 0.3) is 0 Å². The van der Waals surface area contributed by atoms with E-state index in [1.807, 2.05) is 42.5 Å². The molecule has 0 aromatic heterocycles. The van der Waals surface area contributed by atoms with Gasteiger partial charge in [0.15, 0.2) is 11.5 Å². The van der Waals surface area contributed by atoms with Crippen LogP contribution in [-0.4, -0.2) is 51.9 Å². The highest BCUT2D eigenvalue weighted by molar-refractivity contribution is 5.95. The highest BCUT2D eigenvalue weighted by Gasteiger charge is 2.36. The topological polar surface area (TPSA) is 86.3 Å². The van der Waals surface area contributed by atoms with Crippen molar-refractivity contribution in [2.75, 3.05) is 35.0 Å². The van der Waals surface area contributed by atoms with Crippen LogP contribution in [0.5, 0.6) is 17.2 Å². The zero-order valence-electron chi connectivity index (χ0n) is 18.9. The second kappa shape index (κ2) is 10.1. The average Bonchev–Trinajstić information content (AvgIpc) is 2.82. The number of nitrogens with zero attached hydrogens (tertiary/aromatic N) is 1. The van der Waals surface area contributed by atoms with E-state index in [2.05, 4.69) is 5.32 Å². The van der Waals surface area contributed by atoms with E-state index < -0.39 is 12.0 Å². The van der Waals surface area contributed by atoms with Gasteiger partial charge in [-0.05, 0) is 36.6 Å². The molecule has 170 valence electrons. The lowest BCUT2D eigenvalue weighted by molar-refractivity contribution is -0.136. The fourth-order valence-electron chi connectivity index (χ4n) is 3.84. The van der Waals surface area contributed by atoms with Crippen LogP contribution in [0.3, 0.4) is 0 Å². The molecule has 0 radical (unpaired) electrons. The van der Waals surface area contributed by atoms with E-state index in [1.54, 1.807) is 33.2 Å². The highest BCUT2D eigenvalue weighted by atomic mass is 16.5. The number of ether oxygens (including phenoxy) is 4. The first kappa shape index (κ1) is 23.0. The van der Waals surface area contributed by atoms with Crippen LogP contribution in [0.1, 0.15) is 24.1 Å². The summed E-state index contributed by atoms with van der Waals surface area (Å²) in [4.78, 5) is 27.1. The Bertz CT molecular complexity index is 993. The number of methoxy groups -OCH3 is 4. The molecule has 8 nitrogen and oxygen atoms in total. The fraction of sp³-hybridized carbons (Fsp3) is 0.333. The van der Waals surface area contributed by atoms with E-state index in [1.165, 1.54) is 7.11 Å². The third-order valence-electron chi connectivity index (χ3n) is 5.48. The molecule has 2 aromatic carbocycles. The van der Waals surface area contributed by atoms with Gasteiger partial charge < -0.3 is 24.3 Å². The summed E-state index contributed by atoms with van der Waals surface area (Å²) in [7, 11) is 5.99. The summed E-state index contributed by atoms with van der Waals surface area (Å²) in [5, 5.41) is 2.94. The van der Waals surface area contributed by atoms with Crippen LogP contribution in [0, 0.1) is 0 Å². The fourth-order valence-corrected chi connectivity index (χ4v) is 3.84. The minimum absolute atomic E-state index is 0.281. The number of esters is 1. The van der Waals surface area contributed by atoms with Gasteiger partial charge in [-0.25, -0.2) is 9.59 Å². The van der Waals surface area contributed by atoms with Gasteiger partial charge in [0.1, 0.15) is 0 Å². The number of amides is 2. The molecule has 1 aliphatic heterocycles. The number of allylic oxidation sites excluding steroid dienone is 1. The first-order valence-electron chi connectivity index (χ1n) is 10.2. The third kappa shape index (κ3) is 4.49. The number of rotatable bonds is 8. The summed E-state index contributed by atoms with van der Waals surface area (Å²) < 4.78 is 21.2. The predicted octanol–water partition coefficient (Wildman–Crippen LogP) is 3.47. The van der Waals surface area contributed by atoms with Crippen LogP contribution in [0.2, 0.25) is 0 Å². The maximum Gasteiger partial charge on any atom is 0.337 e. The molecule has 0 unspecified atom stereocenters. The minimum Gasteiger partial charge on any atom is -0.493 e. The lowest BCUT2D eigenvalue weighted by Gasteiger charge is -2.35. The number of nitrogens with one attached hydrogen (secondary N) is 1. The lowest BCUT2D eigenvalue weighted by Crippen LogP contribution is -2.48. The van der Waals surface area contributed by atoms with Crippen molar-refractivity contribution >= 4 is 12.0 Å². The number of carbonyl (C=O) groups excluding carboxylic acids is 2. The molecule has 8 heteroatoms. The van der Waals surface area contributed by atoms with Gasteiger partial charge in [0.05, 0.1) is 40.1 Å². The van der Waals surface area contributed by atoms with Gasteiger partial charge in [0, 0.05) is 12.2 Å². The Balaban J connectivity index is 1.91. The van der Waals surface area contributed by atoms with Gasteiger partial charge in [-0.1, -0.05) is 30.3 Å². The van der Waals surface area contributed by atoms with Crippen LogP contribution in [-0.2, 0) is 16.0 Å². The molecule has 1 heterocycles. The summed E-state index contributed by atoms with van der Waals surface area (Å²) in [6, 6.07) is 12.2. The van der Waals surface area contributed by atoms with Crippen molar-refractivity contribution in [3.63, 3.8) is 0 Å². The number of hydrogen-bond acceptors (Lipinski definition) is 6. The Morgan fingerprint density at radius 3 is 2.16 bits per heavy atom. The molecule has 0 saturated heterocycles.